The van der Waals surface area contributed by atoms with Crippen LogP contribution in [-0.2, 0) is 0 Å². The molecular formula is C22H26N4O. The van der Waals surface area contributed by atoms with Gasteiger partial charge in [-0.15, -0.1) is 0 Å². The number of benzene rings is 1. The Morgan fingerprint density at radius 2 is 1.56 bits per heavy atom. The maximum atomic E-state index is 13.4. The van der Waals surface area contributed by atoms with Gasteiger partial charge in [0.25, 0.3) is 5.91 Å². The van der Waals surface area contributed by atoms with E-state index in [0.717, 1.165) is 43.1 Å². The normalized spacial score (nSPS) is 15.0. The summed E-state index contributed by atoms with van der Waals surface area (Å²) in [5, 5.41) is 4.75. The second-order valence-corrected chi connectivity index (χ2v) is 7.33. The second kappa shape index (κ2) is 7.43. The van der Waals surface area contributed by atoms with Crippen LogP contribution < -0.4 is 0 Å². The van der Waals surface area contributed by atoms with Gasteiger partial charge in [-0.05, 0) is 51.0 Å². The van der Waals surface area contributed by atoms with E-state index in [2.05, 4.69) is 31.2 Å². The Kier molecular flexibility index (Phi) is 4.84. The lowest BCUT2D eigenvalue weighted by atomic mass is 10.2. The summed E-state index contributed by atoms with van der Waals surface area (Å²) in [6, 6.07) is 12.2. The van der Waals surface area contributed by atoms with Crippen molar-refractivity contribution in [1.82, 2.24) is 19.2 Å². The van der Waals surface area contributed by atoms with Gasteiger partial charge in [0, 0.05) is 25.5 Å². The van der Waals surface area contributed by atoms with Crippen LogP contribution in [0.4, 0.5) is 0 Å². The second-order valence-electron chi connectivity index (χ2n) is 7.33. The molecule has 27 heavy (non-hydrogen) atoms. The smallest absolute Gasteiger partial charge is 0.259 e. The van der Waals surface area contributed by atoms with Crippen molar-refractivity contribution in [3.8, 4) is 11.5 Å². The minimum Gasteiger partial charge on any atom is -0.338 e. The molecule has 4 rings (SSSR count). The molecule has 0 atom stereocenters. The fraction of sp³-hybridized carbons (Fsp3) is 0.364. The van der Waals surface area contributed by atoms with Crippen molar-refractivity contribution in [3.05, 3.63) is 65.6 Å². The van der Waals surface area contributed by atoms with E-state index in [1.54, 1.807) is 0 Å². The molecule has 1 aliphatic heterocycles. The lowest BCUT2D eigenvalue weighted by Crippen LogP contribution is -2.32. The number of carbonyl (C=O) groups excluding carboxylic acids is 1. The predicted molar refractivity (Wildman–Crippen MR) is 107 cm³/mol. The van der Waals surface area contributed by atoms with Crippen LogP contribution in [0.3, 0.4) is 0 Å². The van der Waals surface area contributed by atoms with E-state index >= 15 is 0 Å². The van der Waals surface area contributed by atoms with Gasteiger partial charge in [-0.3, -0.25) is 4.79 Å². The number of aryl methyl sites for hydroxylation is 2. The maximum absolute atomic E-state index is 13.4. The Morgan fingerprint density at radius 1 is 0.926 bits per heavy atom. The number of nitrogens with zero attached hydrogens (tertiary/aromatic N) is 4. The third kappa shape index (κ3) is 3.42. The number of amides is 1. The van der Waals surface area contributed by atoms with Crippen LogP contribution in [0, 0.1) is 13.8 Å². The first-order chi connectivity index (χ1) is 13.1. The predicted octanol–water partition coefficient (Wildman–Crippen LogP) is 4.30. The summed E-state index contributed by atoms with van der Waals surface area (Å²) in [7, 11) is 0. The average Bonchev–Trinajstić information content (AvgIpc) is 3.21. The summed E-state index contributed by atoms with van der Waals surface area (Å²) in [5.74, 6) is 0.909. The molecule has 3 heterocycles. The van der Waals surface area contributed by atoms with E-state index in [-0.39, 0.29) is 5.91 Å². The van der Waals surface area contributed by atoms with Crippen LogP contribution in [0.25, 0.3) is 11.5 Å². The first-order valence-corrected chi connectivity index (χ1v) is 9.74. The van der Waals surface area contributed by atoms with Gasteiger partial charge in [-0.2, -0.15) is 5.10 Å². The standard InChI is InChI=1S/C22H26N4O/c1-17-9-11-19(12-10-17)26-21(24-13-7-8-14-24)20(18(2)23-26)22(27)25-15-5-3-4-6-16-25/h7-14H,3-6,15-16H2,1-2H3. The van der Waals surface area contributed by atoms with Gasteiger partial charge >= 0.3 is 0 Å². The van der Waals surface area contributed by atoms with Crippen LogP contribution in [0.1, 0.15) is 47.3 Å². The molecule has 0 N–H and O–H groups in total. The average molecular weight is 362 g/mol. The molecule has 0 aliphatic carbocycles. The van der Waals surface area contributed by atoms with Crippen molar-refractivity contribution >= 4 is 5.91 Å². The molecule has 0 bridgehead atoms. The highest BCUT2D eigenvalue weighted by Crippen LogP contribution is 2.25. The number of aromatic nitrogens is 3. The van der Waals surface area contributed by atoms with E-state index in [9.17, 15) is 4.79 Å². The third-order valence-corrected chi connectivity index (χ3v) is 5.27. The number of hydrogen-bond donors (Lipinski definition) is 0. The van der Waals surface area contributed by atoms with Crippen molar-refractivity contribution in [2.45, 2.75) is 39.5 Å². The van der Waals surface area contributed by atoms with Crippen LogP contribution in [-0.4, -0.2) is 38.2 Å². The molecule has 1 aliphatic rings. The zero-order valence-corrected chi connectivity index (χ0v) is 16.1. The van der Waals surface area contributed by atoms with E-state index in [1.165, 1.54) is 18.4 Å². The van der Waals surface area contributed by atoms with Gasteiger partial charge in [0.2, 0.25) is 0 Å². The topological polar surface area (TPSA) is 43.1 Å². The molecule has 1 saturated heterocycles. The van der Waals surface area contributed by atoms with E-state index in [0.29, 0.717) is 5.56 Å². The number of hydrogen-bond acceptors (Lipinski definition) is 2. The molecule has 1 amide bonds. The Hall–Kier alpha value is -2.82. The molecule has 1 fully saturated rings. The van der Waals surface area contributed by atoms with Gasteiger partial charge in [0.15, 0.2) is 5.82 Å². The quantitative estimate of drug-likeness (QED) is 0.697. The van der Waals surface area contributed by atoms with Crippen molar-refractivity contribution in [3.63, 3.8) is 0 Å². The fourth-order valence-electron chi connectivity index (χ4n) is 3.78. The van der Waals surface area contributed by atoms with Crippen molar-refractivity contribution in [2.75, 3.05) is 13.1 Å². The first kappa shape index (κ1) is 17.6. The monoisotopic (exact) mass is 362 g/mol. The SMILES string of the molecule is Cc1ccc(-n2nc(C)c(C(=O)N3CCCCCC3)c2-n2cccc2)cc1. The van der Waals surface area contributed by atoms with Gasteiger partial charge < -0.3 is 9.47 Å². The molecule has 0 spiro atoms. The molecule has 2 aromatic heterocycles. The van der Waals surface area contributed by atoms with E-state index in [1.807, 2.05) is 45.6 Å². The zero-order chi connectivity index (χ0) is 18.8. The summed E-state index contributed by atoms with van der Waals surface area (Å²) < 4.78 is 3.88. The molecule has 0 saturated carbocycles. The minimum absolute atomic E-state index is 0.0939. The summed E-state index contributed by atoms with van der Waals surface area (Å²) in [5.41, 5.74) is 3.63. The van der Waals surface area contributed by atoms with E-state index < -0.39 is 0 Å². The van der Waals surface area contributed by atoms with Gasteiger partial charge in [0.1, 0.15) is 5.56 Å². The number of rotatable bonds is 3. The lowest BCUT2D eigenvalue weighted by Gasteiger charge is -2.21. The highest BCUT2D eigenvalue weighted by molar-refractivity contribution is 5.98. The summed E-state index contributed by atoms with van der Waals surface area (Å²) in [6.45, 7) is 5.67. The van der Waals surface area contributed by atoms with Gasteiger partial charge in [0.05, 0.1) is 11.4 Å². The Balaban J connectivity index is 1.83. The maximum Gasteiger partial charge on any atom is 0.259 e. The van der Waals surface area contributed by atoms with E-state index in [4.69, 9.17) is 5.10 Å². The fourth-order valence-corrected chi connectivity index (χ4v) is 3.78. The van der Waals surface area contributed by atoms with Gasteiger partial charge in [-0.25, -0.2) is 4.68 Å². The van der Waals surface area contributed by atoms with Gasteiger partial charge in [-0.1, -0.05) is 30.5 Å². The molecule has 5 nitrogen and oxygen atoms in total. The summed E-state index contributed by atoms with van der Waals surface area (Å²) in [6.07, 6.45) is 8.51. The molecular weight excluding hydrogens is 336 g/mol. The van der Waals surface area contributed by atoms with Crippen LogP contribution >= 0.6 is 0 Å². The minimum atomic E-state index is 0.0939. The molecule has 3 aromatic rings. The summed E-state index contributed by atoms with van der Waals surface area (Å²) in [4.78, 5) is 15.5. The summed E-state index contributed by atoms with van der Waals surface area (Å²) >= 11 is 0. The molecule has 0 unspecified atom stereocenters. The Bertz CT molecular complexity index is 914. The first-order valence-electron chi connectivity index (χ1n) is 9.74. The van der Waals surface area contributed by atoms with Crippen LogP contribution in [0.15, 0.2) is 48.8 Å². The largest absolute Gasteiger partial charge is 0.338 e. The highest BCUT2D eigenvalue weighted by Gasteiger charge is 2.27. The number of carbonyl (C=O) groups is 1. The van der Waals surface area contributed by atoms with Crippen LogP contribution in [0.2, 0.25) is 0 Å². The molecule has 5 heteroatoms. The highest BCUT2D eigenvalue weighted by atomic mass is 16.2. The van der Waals surface area contributed by atoms with Crippen molar-refractivity contribution < 1.29 is 4.79 Å². The van der Waals surface area contributed by atoms with Crippen molar-refractivity contribution in [2.24, 2.45) is 0 Å². The zero-order valence-electron chi connectivity index (χ0n) is 16.1. The molecule has 0 radical (unpaired) electrons. The molecule has 1 aromatic carbocycles. The van der Waals surface area contributed by atoms with Crippen molar-refractivity contribution in [1.29, 1.82) is 0 Å². The third-order valence-electron chi connectivity index (χ3n) is 5.27. The Labute approximate surface area is 160 Å². The molecule has 140 valence electrons. The van der Waals surface area contributed by atoms with Crippen LogP contribution in [0.5, 0.6) is 0 Å². The lowest BCUT2D eigenvalue weighted by molar-refractivity contribution is 0.0761. The Morgan fingerprint density at radius 3 is 2.19 bits per heavy atom. The number of likely N-dealkylation sites (tertiary alicyclic amines) is 1.